The molecule has 6 heteroatoms. The Balaban J connectivity index is 1.61. The van der Waals surface area contributed by atoms with E-state index in [2.05, 4.69) is 58.3 Å². The first-order valence-corrected chi connectivity index (χ1v) is 10.5. The Labute approximate surface area is 173 Å². The fourth-order valence-electron chi connectivity index (χ4n) is 4.30. The van der Waals surface area contributed by atoms with Gasteiger partial charge in [0.25, 0.3) is 5.91 Å². The molecule has 2 aliphatic heterocycles. The van der Waals surface area contributed by atoms with Crippen LogP contribution in [0, 0.1) is 6.92 Å². The Morgan fingerprint density at radius 2 is 2.00 bits per heavy atom. The zero-order valence-corrected chi connectivity index (χ0v) is 17.9. The average molecular weight is 445 g/mol. The maximum Gasteiger partial charge on any atom is 0.257 e. The largest absolute Gasteiger partial charge is 0.337 e. The van der Waals surface area contributed by atoms with Crippen LogP contribution in [0.2, 0.25) is 0 Å². The van der Waals surface area contributed by atoms with E-state index in [1.807, 2.05) is 12.1 Å². The Kier molecular flexibility index (Phi) is 5.05. The van der Waals surface area contributed by atoms with Crippen LogP contribution in [-0.4, -0.2) is 37.2 Å². The minimum Gasteiger partial charge on any atom is -0.337 e. The summed E-state index contributed by atoms with van der Waals surface area (Å²) in [5.74, 6) is 0.291. The van der Waals surface area contributed by atoms with Crippen LogP contribution < -0.4 is 15.1 Å². The number of thiocarbonyl (C=S) groups is 1. The van der Waals surface area contributed by atoms with E-state index in [0.29, 0.717) is 22.6 Å². The van der Waals surface area contributed by atoms with Crippen molar-refractivity contribution in [1.29, 1.82) is 0 Å². The van der Waals surface area contributed by atoms with Crippen LogP contribution in [0.4, 0.5) is 5.69 Å². The number of aryl methyl sites for hydroxylation is 1. The lowest BCUT2D eigenvalue weighted by molar-refractivity contribution is -0.886. The molecule has 140 valence electrons. The predicted molar refractivity (Wildman–Crippen MR) is 116 cm³/mol. The second-order valence-electron chi connectivity index (χ2n) is 7.57. The van der Waals surface area contributed by atoms with Crippen molar-refractivity contribution < 1.29 is 9.69 Å². The molecular formula is C21H23BrN3OS+. The Morgan fingerprint density at radius 1 is 1.26 bits per heavy atom. The molecule has 1 saturated heterocycles. The highest BCUT2D eigenvalue weighted by Crippen LogP contribution is 2.43. The number of nitrogens with one attached hydrogen (secondary N) is 2. The number of likely N-dealkylation sites (N-methyl/N-ethyl adjacent to an activating group) is 1. The highest BCUT2D eigenvalue weighted by atomic mass is 79.9. The SMILES string of the molecule is Cc1ccc2c(c1)[C@H]1C[NH+](C)CC[C@@H]1N2C(=S)NC(=O)c1ccc(Br)cc1. The molecule has 0 spiro atoms. The first kappa shape index (κ1) is 18.6. The second-order valence-corrected chi connectivity index (χ2v) is 8.87. The molecule has 1 amide bonds. The van der Waals surface area contributed by atoms with E-state index in [1.54, 1.807) is 17.0 Å². The number of benzene rings is 2. The minimum atomic E-state index is -0.164. The van der Waals surface area contributed by atoms with E-state index in [-0.39, 0.29) is 5.91 Å². The number of piperidine rings is 1. The minimum absolute atomic E-state index is 0.164. The van der Waals surface area contributed by atoms with Crippen molar-refractivity contribution in [2.45, 2.75) is 25.3 Å². The number of anilines is 1. The van der Waals surface area contributed by atoms with Crippen LogP contribution in [0.25, 0.3) is 0 Å². The van der Waals surface area contributed by atoms with Gasteiger partial charge >= 0.3 is 0 Å². The van der Waals surface area contributed by atoms with E-state index in [4.69, 9.17) is 12.2 Å². The van der Waals surface area contributed by atoms with Gasteiger partial charge in [0, 0.05) is 22.1 Å². The van der Waals surface area contributed by atoms with Crippen LogP contribution >= 0.6 is 28.1 Å². The summed E-state index contributed by atoms with van der Waals surface area (Å²) < 4.78 is 0.946. The first-order chi connectivity index (χ1) is 12.9. The molecule has 1 unspecified atom stereocenters. The molecule has 0 saturated carbocycles. The molecular weight excluding hydrogens is 422 g/mol. The molecule has 27 heavy (non-hydrogen) atoms. The number of likely N-dealkylation sites (tertiary alicyclic amines) is 1. The molecule has 4 nitrogen and oxygen atoms in total. The van der Waals surface area contributed by atoms with Gasteiger partial charge in [0.2, 0.25) is 0 Å². The molecule has 1 fully saturated rings. The van der Waals surface area contributed by atoms with Gasteiger partial charge in [-0.25, -0.2) is 0 Å². The highest BCUT2D eigenvalue weighted by molar-refractivity contribution is 9.10. The number of hydrogen-bond donors (Lipinski definition) is 2. The zero-order valence-electron chi connectivity index (χ0n) is 15.5. The Morgan fingerprint density at radius 3 is 2.74 bits per heavy atom. The summed E-state index contributed by atoms with van der Waals surface area (Å²) in [7, 11) is 2.25. The number of hydrogen-bond acceptors (Lipinski definition) is 2. The number of halogens is 1. The molecule has 0 bridgehead atoms. The molecule has 3 atom stereocenters. The van der Waals surface area contributed by atoms with E-state index in [0.717, 1.165) is 29.7 Å². The number of quaternary nitrogens is 1. The van der Waals surface area contributed by atoms with Crippen LogP contribution in [0.5, 0.6) is 0 Å². The lowest BCUT2D eigenvalue weighted by Crippen LogP contribution is -3.11. The summed E-state index contributed by atoms with van der Waals surface area (Å²) in [6.07, 6.45) is 1.07. The maximum absolute atomic E-state index is 12.7. The van der Waals surface area contributed by atoms with Crippen LogP contribution in [0.3, 0.4) is 0 Å². The molecule has 2 aromatic carbocycles. The Hall–Kier alpha value is -1.76. The second kappa shape index (κ2) is 7.34. The van der Waals surface area contributed by atoms with Crippen LogP contribution in [-0.2, 0) is 0 Å². The lowest BCUT2D eigenvalue weighted by Gasteiger charge is -2.35. The van der Waals surface area contributed by atoms with Crippen LogP contribution in [0.15, 0.2) is 46.9 Å². The number of rotatable bonds is 1. The van der Waals surface area contributed by atoms with E-state index < -0.39 is 0 Å². The number of nitrogens with zero attached hydrogens (tertiary/aromatic N) is 1. The third-order valence-electron chi connectivity index (χ3n) is 5.62. The average Bonchev–Trinajstić information content (AvgIpc) is 2.95. The first-order valence-electron chi connectivity index (χ1n) is 9.26. The third-order valence-corrected chi connectivity index (χ3v) is 6.45. The van der Waals surface area contributed by atoms with Crippen molar-refractivity contribution in [1.82, 2.24) is 5.32 Å². The predicted octanol–water partition coefficient (Wildman–Crippen LogP) is 2.66. The molecule has 2 N–H and O–H groups in total. The summed E-state index contributed by atoms with van der Waals surface area (Å²) in [5.41, 5.74) is 4.38. The molecule has 2 aliphatic rings. The van der Waals surface area contributed by atoms with Crippen molar-refractivity contribution in [3.05, 3.63) is 63.6 Å². The van der Waals surface area contributed by atoms with Gasteiger partial charge in [-0.1, -0.05) is 33.6 Å². The van der Waals surface area contributed by atoms with Crippen molar-refractivity contribution in [2.24, 2.45) is 0 Å². The van der Waals surface area contributed by atoms with Crippen LogP contribution in [0.1, 0.15) is 33.8 Å². The van der Waals surface area contributed by atoms with Gasteiger partial charge in [-0.15, -0.1) is 0 Å². The number of amides is 1. The smallest absolute Gasteiger partial charge is 0.257 e. The van der Waals surface area contributed by atoms with Crippen molar-refractivity contribution in [3.63, 3.8) is 0 Å². The summed E-state index contributed by atoms with van der Waals surface area (Å²) in [5, 5.41) is 3.45. The molecule has 0 aromatic heterocycles. The van der Waals surface area contributed by atoms with Gasteiger partial charge in [-0.3, -0.25) is 10.1 Å². The highest BCUT2D eigenvalue weighted by Gasteiger charge is 2.44. The van der Waals surface area contributed by atoms with Gasteiger partial charge in [-0.2, -0.15) is 0 Å². The van der Waals surface area contributed by atoms with E-state index in [9.17, 15) is 4.79 Å². The van der Waals surface area contributed by atoms with Gasteiger partial charge in [-0.05, 0) is 55.0 Å². The molecule has 2 heterocycles. The fraction of sp³-hybridized carbons (Fsp3) is 0.333. The molecule has 4 rings (SSSR count). The van der Waals surface area contributed by atoms with Crippen molar-refractivity contribution >= 4 is 44.9 Å². The fourth-order valence-corrected chi connectivity index (χ4v) is 4.89. The molecule has 0 aliphatic carbocycles. The van der Waals surface area contributed by atoms with Crippen molar-refractivity contribution in [2.75, 3.05) is 25.0 Å². The zero-order chi connectivity index (χ0) is 19.1. The third kappa shape index (κ3) is 3.53. The molecule has 0 radical (unpaired) electrons. The topological polar surface area (TPSA) is 36.8 Å². The van der Waals surface area contributed by atoms with Gasteiger partial charge in [0.05, 0.1) is 32.1 Å². The number of fused-ring (bicyclic) bond motifs is 3. The number of carbonyl (C=O) groups excluding carboxylic acids is 1. The molecule has 2 aromatic rings. The summed E-state index contributed by atoms with van der Waals surface area (Å²) >= 11 is 9.10. The Bertz CT molecular complexity index is 899. The van der Waals surface area contributed by atoms with E-state index >= 15 is 0 Å². The summed E-state index contributed by atoms with van der Waals surface area (Å²) in [6.45, 7) is 4.35. The summed E-state index contributed by atoms with van der Waals surface area (Å²) in [6, 6.07) is 14.2. The maximum atomic E-state index is 12.7. The standard InChI is InChI=1S/C21H22BrN3OS/c1-13-3-8-18-16(11-13)17-12-24(2)10-9-19(17)25(18)21(27)23-20(26)14-4-6-15(22)7-5-14/h3-8,11,17,19H,9-10,12H2,1-2H3,(H,23,26,27)/p+1/t17-,19+/m1/s1. The number of carbonyl (C=O) groups is 1. The van der Waals surface area contributed by atoms with Crippen molar-refractivity contribution in [3.8, 4) is 0 Å². The van der Waals surface area contributed by atoms with Gasteiger partial charge in [0.15, 0.2) is 5.11 Å². The van der Waals surface area contributed by atoms with Gasteiger partial charge in [0.1, 0.15) is 0 Å². The van der Waals surface area contributed by atoms with Gasteiger partial charge < -0.3 is 9.80 Å². The normalized spacial score (nSPS) is 23.5. The monoisotopic (exact) mass is 444 g/mol. The summed E-state index contributed by atoms with van der Waals surface area (Å²) in [4.78, 5) is 16.4. The lowest BCUT2D eigenvalue weighted by atomic mass is 9.89. The quantitative estimate of drug-likeness (QED) is 0.663. The van der Waals surface area contributed by atoms with E-state index in [1.165, 1.54) is 11.1 Å².